The highest BCUT2D eigenvalue weighted by molar-refractivity contribution is 6.00. The van der Waals surface area contributed by atoms with Crippen molar-refractivity contribution in [2.24, 2.45) is 0 Å². The molecule has 0 radical (unpaired) electrons. The Morgan fingerprint density at radius 3 is 2.61 bits per heavy atom. The van der Waals surface area contributed by atoms with Crippen LogP contribution in [0.3, 0.4) is 0 Å². The van der Waals surface area contributed by atoms with Gasteiger partial charge in [-0.25, -0.2) is 23.1 Å². The lowest BCUT2D eigenvalue weighted by atomic mass is 10.0. The van der Waals surface area contributed by atoms with Gasteiger partial charge in [-0.3, -0.25) is 9.69 Å². The van der Waals surface area contributed by atoms with Crippen LogP contribution in [0.15, 0.2) is 67.4 Å². The second-order valence-corrected chi connectivity index (χ2v) is 9.53. The smallest absolute Gasteiger partial charge is 0.247 e. The zero-order valence-corrected chi connectivity index (χ0v) is 22.5. The first-order chi connectivity index (χ1) is 19.9. The van der Waals surface area contributed by atoms with Gasteiger partial charge in [0.2, 0.25) is 11.9 Å². The maximum Gasteiger partial charge on any atom is 0.247 e. The van der Waals surface area contributed by atoms with Crippen molar-refractivity contribution in [3.05, 3.63) is 84.8 Å². The van der Waals surface area contributed by atoms with Crippen molar-refractivity contribution in [1.29, 1.82) is 0 Å². The summed E-state index contributed by atoms with van der Waals surface area (Å²) in [5.41, 5.74) is 1.48. The molecule has 8 nitrogen and oxygen atoms in total. The Balaban J connectivity index is 1.40. The zero-order valence-electron chi connectivity index (χ0n) is 22.5. The molecule has 1 aromatic heterocycles. The molecule has 212 valence electrons. The number of nitrogens with zero attached hydrogens (tertiary/aromatic N) is 4. The minimum atomic E-state index is -1.04. The Hall–Kier alpha value is -4.48. The van der Waals surface area contributed by atoms with Crippen molar-refractivity contribution in [3.8, 4) is 11.1 Å². The Morgan fingerprint density at radius 2 is 1.85 bits per heavy atom. The first-order valence-electron chi connectivity index (χ1n) is 13.1. The zero-order chi connectivity index (χ0) is 28.9. The molecular weight excluding hydrogens is 533 g/mol. The summed E-state index contributed by atoms with van der Waals surface area (Å²) in [6, 6.07) is 12.3. The SMILES string of the molecule is C=CC(=O)Nc1ccc(F)c(-c2cccc3cnc(Nc4ccc(N5CCN(CCOC)CC5)c(F)c4F)nc23)c1. The summed E-state index contributed by atoms with van der Waals surface area (Å²) in [6.07, 6.45) is 2.63. The summed E-state index contributed by atoms with van der Waals surface area (Å²) in [4.78, 5) is 24.5. The predicted molar refractivity (Wildman–Crippen MR) is 154 cm³/mol. The van der Waals surface area contributed by atoms with Crippen molar-refractivity contribution in [2.75, 3.05) is 62.0 Å². The van der Waals surface area contributed by atoms with E-state index in [1.54, 1.807) is 25.3 Å². The van der Waals surface area contributed by atoms with Gasteiger partial charge >= 0.3 is 0 Å². The Bertz CT molecular complexity index is 1590. The molecule has 5 rings (SSSR count). The molecule has 0 bridgehead atoms. The maximum atomic E-state index is 15.2. The number of fused-ring (bicyclic) bond motifs is 1. The number of nitrogens with one attached hydrogen (secondary N) is 2. The van der Waals surface area contributed by atoms with Crippen molar-refractivity contribution in [3.63, 3.8) is 0 Å². The van der Waals surface area contributed by atoms with E-state index in [0.29, 0.717) is 41.9 Å². The molecule has 2 heterocycles. The molecule has 1 fully saturated rings. The van der Waals surface area contributed by atoms with Gasteiger partial charge in [-0.05, 0) is 36.4 Å². The van der Waals surface area contributed by atoms with E-state index in [9.17, 15) is 9.18 Å². The summed E-state index contributed by atoms with van der Waals surface area (Å²) in [6.45, 7) is 7.42. The number of aromatic nitrogens is 2. The highest BCUT2D eigenvalue weighted by Gasteiger charge is 2.23. The number of halogens is 3. The van der Waals surface area contributed by atoms with Gasteiger partial charge in [0, 0.05) is 68.2 Å². The average Bonchev–Trinajstić information content (AvgIpc) is 2.99. The van der Waals surface area contributed by atoms with Crippen LogP contribution in [0.25, 0.3) is 22.0 Å². The van der Waals surface area contributed by atoms with Gasteiger partial charge in [-0.15, -0.1) is 0 Å². The topological polar surface area (TPSA) is 82.6 Å². The normalized spacial score (nSPS) is 13.8. The number of hydrogen-bond donors (Lipinski definition) is 2. The van der Waals surface area contributed by atoms with Crippen LogP contribution < -0.4 is 15.5 Å². The Kier molecular flexibility index (Phi) is 8.46. The standard InChI is InChI=1S/C30H29F3N6O2/c1-3-26(40)35-20-7-8-23(31)22(17-20)21-6-4-5-19-18-34-30(37-29(19)21)36-24-9-10-25(28(33)27(24)32)39-13-11-38(12-14-39)15-16-41-2/h3-10,17-18H,1,11-16H2,2H3,(H,35,40)(H,34,36,37). The minimum Gasteiger partial charge on any atom is -0.383 e. The summed E-state index contributed by atoms with van der Waals surface area (Å²) in [5.74, 6) is -2.94. The van der Waals surface area contributed by atoms with E-state index in [1.807, 2.05) is 4.90 Å². The third-order valence-electron chi connectivity index (χ3n) is 6.95. The summed E-state index contributed by atoms with van der Waals surface area (Å²) < 4.78 is 50.4. The number of rotatable bonds is 9. The van der Waals surface area contributed by atoms with Crippen LogP contribution in [-0.4, -0.2) is 67.2 Å². The third kappa shape index (κ3) is 6.16. The first kappa shape index (κ1) is 28.1. The van der Waals surface area contributed by atoms with Crippen LogP contribution >= 0.6 is 0 Å². The molecule has 1 amide bonds. The molecule has 0 spiro atoms. The lowest BCUT2D eigenvalue weighted by Gasteiger charge is -2.36. The number of hydrogen-bond acceptors (Lipinski definition) is 7. The fourth-order valence-electron chi connectivity index (χ4n) is 4.77. The van der Waals surface area contributed by atoms with E-state index in [-0.39, 0.29) is 22.9 Å². The van der Waals surface area contributed by atoms with E-state index in [2.05, 4.69) is 32.1 Å². The number of methoxy groups -OCH3 is 1. The number of amides is 1. The molecule has 1 aliphatic heterocycles. The second kappa shape index (κ2) is 12.4. The fraction of sp³-hybridized carbons (Fsp3) is 0.233. The second-order valence-electron chi connectivity index (χ2n) is 9.53. The van der Waals surface area contributed by atoms with Crippen LogP contribution in [-0.2, 0) is 9.53 Å². The van der Waals surface area contributed by atoms with Crippen LogP contribution in [0.4, 0.5) is 36.2 Å². The van der Waals surface area contributed by atoms with Gasteiger partial charge in [-0.2, -0.15) is 0 Å². The summed E-state index contributed by atoms with van der Waals surface area (Å²) in [7, 11) is 1.65. The van der Waals surface area contributed by atoms with E-state index < -0.39 is 23.4 Å². The van der Waals surface area contributed by atoms with Crippen molar-refractivity contribution in [1.82, 2.24) is 14.9 Å². The molecule has 1 saturated heterocycles. The molecule has 0 unspecified atom stereocenters. The number of piperazine rings is 1. The molecule has 3 aromatic carbocycles. The van der Waals surface area contributed by atoms with Gasteiger partial charge in [0.15, 0.2) is 11.6 Å². The Morgan fingerprint density at radius 1 is 1.05 bits per heavy atom. The molecule has 0 atom stereocenters. The third-order valence-corrected chi connectivity index (χ3v) is 6.95. The Labute approximate surface area is 235 Å². The largest absolute Gasteiger partial charge is 0.383 e. The quantitative estimate of drug-likeness (QED) is 0.266. The molecule has 0 saturated carbocycles. The number of benzene rings is 3. The highest BCUT2D eigenvalue weighted by atomic mass is 19.2. The van der Waals surface area contributed by atoms with E-state index in [1.165, 1.54) is 36.5 Å². The van der Waals surface area contributed by atoms with Crippen molar-refractivity contribution in [2.45, 2.75) is 0 Å². The van der Waals surface area contributed by atoms with Crippen LogP contribution in [0.2, 0.25) is 0 Å². The highest BCUT2D eigenvalue weighted by Crippen LogP contribution is 2.33. The average molecular weight is 563 g/mol. The molecule has 4 aromatic rings. The molecule has 2 N–H and O–H groups in total. The van der Waals surface area contributed by atoms with Crippen LogP contribution in [0, 0.1) is 17.5 Å². The van der Waals surface area contributed by atoms with Gasteiger partial charge in [0.1, 0.15) is 5.82 Å². The number of ether oxygens (including phenoxy) is 1. The summed E-state index contributed by atoms with van der Waals surface area (Å²) >= 11 is 0. The van der Waals surface area contributed by atoms with Crippen molar-refractivity contribution >= 4 is 39.8 Å². The number of para-hydroxylation sites is 1. The van der Waals surface area contributed by atoms with E-state index in [4.69, 9.17) is 4.74 Å². The molecule has 0 aliphatic carbocycles. The van der Waals surface area contributed by atoms with Crippen molar-refractivity contribution < 1.29 is 22.7 Å². The maximum absolute atomic E-state index is 15.2. The first-order valence-corrected chi connectivity index (χ1v) is 13.1. The number of carbonyl (C=O) groups excluding carboxylic acids is 1. The lowest BCUT2D eigenvalue weighted by Crippen LogP contribution is -2.47. The fourth-order valence-corrected chi connectivity index (χ4v) is 4.77. The van der Waals surface area contributed by atoms with Gasteiger partial charge in [0.25, 0.3) is 0 Å². The van der Waals surface area contributed by atoms with Crippen LogP contribution in [0.1, 0.15) is 0 Å². The molecule has 1 aliphatic rings. The number of anilines is 4. The molecule has 11 heteroatoms. The predicted octanol–water partition coefficient (Wildman–Crippen LogP) is 5.35. The number of carbonyl (C=O) groups is 1. The molecular formula is C30H29F3N6O2. The van der Waals surface area contributed by atoms with Gasteiger partial charge in [0.05, 0.1) is 23.5 Å². The lowest BCUT2D eigenvalue weighted by molar-refractivity contribution is -0.111. The van der Waals surface area contributed by atoms with E-state index in [0.717, 1.165) is 25.7 Å². The minimum absolute atomic E-state index is 0.0132. The summed E-state index contributed by atoms with van der Waals surface area (Å²) in [5, 5.41) is 5.99. The van der Waals surface area contributed by atoms with Gasteiger partial charge < -0.3 is 20.3 Å². The molecule has 41 heavy (non-hydrogen) atoms. The van der Waals surface area contributed by atoms with Crippen LogP contribution in [0.5, 0.6) is 0 Å². The monoisotopic (exact) mass is 562 g/mol. The van der Waals surface area contributed by atoms with Gasteiger partial charge in [-0.1, -0.05) is 24.8 Å². The van der Waals surface area contributed by atoms with E-state index >= 15 is 8.78 Å².